The molecule has 0 radical (unpaired) electrons. The number of anilines is 1. The number of amides is 2. The van der Waals surface area contributed by atoms with E-state index < -0.39 is 28.5 Å². The summed E-state index contributed by atoms with van der Waals surface area (Å²) in [6.45, 7) is 3.37. The molecule has 2 amide bonds. The van der Waals surface area contributed by atoms with Crippen molar-refractivity contribution in [1.82, 2.24) is 10.2 Å². The van der Waals surface area contributed by atoms with Crippen LogP contribution in [-0.4, -0.2) is 50.9 Å². The van der Waals surface area contributed by atoms with E-state index >= 15 is 0 Å². The molecular weight excluding hydrogens is 574 g/mol. The third-order valence-electron chi connectivity index (χ3n) is 7.58. The molecule has 0 saturated heterocycles. The summed E-state index contributed by atoms with van der Waals surface area (Å²) in [5.41, 5.74) is 2.05. The number of aryl methyl sites for hydroxylation is 1. The van der Waals surface area contributed by atoms with E-state index in [0.29, 0.717) is 22.9 Å². The minimum atomic E-state index is -4.16. The van der Waals surface area contributed by atoms with E-state index in [0.717, 1.165) is 41.1 Å². The topological polar surface area (TPSA) is 96.0 Å². The summed E-state index contributed by atoms with van der Waals surface area (Å²) in [6.07, 6.45) is 4.30. The normalized spacial score (nSPS) is 14.3. The van der Waals surface area contributed by atoms with Crippen molar-refractivity contribution in [1.29, 1.82) is 0 Å². The van der Waals surface area contributed by atoms with Crippen LogP contribution in [0.25, 0.3) is 0 Å². The zero-order chi connectivity index (χ0) is 30.3. The molecule has 1 aliphatic rings. The lowest BCUT2D eigenvalue weighted by molar-refractivity contribution is -0.140. The molecule has 8 nitrogen and oxygen atoms in total. The molecule has 1 atom stereocenters. The smallest absolute Gasteiger partial charge is 0.264 e. The van der Waals surface area contributed by atoms with Crippen LogP contribution in [0.2, 0.25) is 5.02 Å². The van der Waals surface area contributed by atoms with Crippen molar-refractivity contribution in [2.24, 2.45) is 0 Å². The lowest BCUT2D eigenvalue weighted by Crippen LogP contribution is -2.53. The Kier molecular flexibility index (Phi) is 10.5. The SMILES string of the molecule is CC[C@H](C(=O)NC1CCCC1)N(Cc1cccc(OC)c1)C(=O)CN(c1ccc(C)cc1)S(=O)(=O)c1ccc(Cl)cc1. The van der Waals surface area contributed by atoms with Crippen LogP contribution >= 0.6 is 11.6 Å². The van der Waals surface area contributed by atoms with Crippen molar-refractivity contribution in [3.8, 4) is 5.75 Å². The molecule has 3 aromatic rings. The fourth-order valence-electron chi connectivity index (χ4n) is 5.23. The molecule has 0 heterocycles. The first-order valence-electron chi connectivity index (χ1n) is 14.2. The van der Waals surface area contributed by atoms with Gasteiger partial charge in [0.2, 0.25) is 11.8 Å². The van der Waals surface area contributed by atoms with Gasteiger partial charge in [0, 0.05) is 17.6 Å². The fraction of sp³-hybridized carbons (Fsp3) is 0.375. The van der Waals surface area contributed by atoms with Gasteiger partial charge in [0.1, 0.15) is 18.3 Å². The maximum absolute atomic E-state index is 14.2. The van der Waals surface area contributed by atoms with Crippen LogP contribution < -0.4 is 14.4 Å². The van der Waals surface area contributed by atoms with E-state index in [-0.39, 0.29) is 23.4 Å². The van der Waals surface area contributed by atoms with E-state index in [4.69, 9.17) is 16.3 Å². The van der Waals surface area contributed by atoms with E-state index in [2.05, 4.69) is 5.32 Å². The second kappa shape index (κ2) is 14.1. The highest BCUT2D eigenvalue weighted by Gasteiger charge is 2.34. The van der Waals surface area contributed by atoms with Gasteiger partial charge < -0.3 is 15.0 Å². The van der Waals surface area contributed by atoms with E-state index in [1.54, 1.807) is 37.4 Å². The quantitative estimate of drug-likeness (QED) is 0.283. The molecule has 0 spiro atoms. The van der Waals surface area contributed by atoms with Gasteiger partial charge in [-0.15, -0.1) is 0 Å². The zero-order valence-electron chi connectivity index (χ0n) is 24.3. The summed E-state index contributed by atoms with van der Waals surface area (Å²) in [5, 5.41) is 3.52. The van der Waals surface area contributed by atoms with Crippen LogP contribution in [0.4, 0.5) is 5.69 Å². The minimum Gasteiger partial charge on any atom is -0.497 e. The van der Waals surface area contributed by atoms with Crippen molar-refractivity contribution < 1.29 is 22.7 Å². The predicted octanol–water partition coefficient (Wildman–Crippen LogP) is 5.72. The third-order valence-corrected chi connectivity index (χ3v) is 9.62. The molecule has 0 aliphatic heterocycles. The first kappa shape index (κ1) is 31.4. The van der Waals surface area contributed by atoms with Gasteiger partial charge in [-0.05, 0) is 80.3 Å². The summed E-state index contributed by atoms with van der Waals surface area (Å²) in [5.74, 6) is -0.109. The number of carbonyl (C=O) groups is 2. The molecule has 1 N–H and O–H groups in total. The van der Waals surface area contributed by atoms with Gasteiger partial charge in [-0.25, -0.2) is 8.42 Å². The number of halogens is 1. The van der Waals surface area contributed by atoms with Crippen molar-refractivity contribution >= 4 is 39.1 Å². The van der Waals surface area contributed by atoms with Gasteiger partial charge in [-0.1, -0.05) is 61.2 Å². The third kappa shape index (κ3) is 7.63. The molecule has 42 heavy (non-hydrogen) atoms. The average molecular weight is 612 g/mol. The van der Waals surface area contributed by atoms with Crippen LogP contribution in [-0.2, 0) is 26.2 Å². The van der Waals surface area contributed by atoms with Gasteiger partial charge in [0.05, 0.1) is 17.7 Å². The van der Waals surface area contributed by atoms with Crippen molar-refractivity contribution in [2.75, 3.05) is 18.0 Å². The second-order valence-corrected chi connectivity index (χ2v) is 12.9. The largest absolute Gasteiger partial charge is 0.497 e. The maximum atomic E-state index is 14.2. The van der Waals surface area contributed by atoms with E-state index in [1.807, 2.05) is 32.0 Å². The lowest BCUT2D eigenvalue weighted by atomic mass is 10.1. The van der Waals surface area contributed by atoms with Crippen molar-refractivity contribution in [3.63, 3.8) is 0 Å². The summed E-state index contributed by atoms with van der Waals surface area (Å²) < 4.78 is 34.4. The Hall–Kier alpha value is -3.56. The highest BCUT2D eigenvalue weighted by molar-refractivity contribution is 7.92. The summed E-state index contributed by atoms with van der Waals surface area (Å²) >= 11 is 6.03. The Bertz CT molecular complexity index is 1470. The first-order chi connectivity index (χ1) is 20.1. The fourth-order valence-corrected chi connectivity index (χ4v) is 6.77. The Balaban J connectivity index is 1.71. The standard InChI is InChI=1S/C32H38ClN3O5S/c1-4-30(32(38)34-26-9-5-6-10-26)35(21-24-8-7-11-28(20-24)41-3)31(37)22-36(27-16-12-23(2)13-17-27)42(39,40)29-18-14-25(33)15-19-29/h7-8,11-20,26,30H,4-6,9-10,21-22H2,1-3H3,(H,34,38)/t30-/m1/s1. The molecule has 3 aromatic carbocycles. The summed E-state index contributed by atoms with van der Waals surface area (Å²) in [7, 11) is -2.60. The molecule has 1 fully saturated rings. The van der Waals surface area contributed by atoms with Crippen LogP contribution in [0.3, 0.4) is 0 Å². The number of rotatable bonds is 12. The average Bonchev–Trinajstić information content (AvgIpc) is 3.49. The number of carbonyl (C=O) groups excluding carboxylic acids is 2. The van der Waals surface area contributed by atoms with Gasteiger partial charge >= 0.3 is 0 Å². The van der Waals surface area contributed by atoms with Gasteiger partial charge in [-0.2, -0.15) is 0 Å². The number of hydrogen-bond donors (Lipinski definition) is 1. The van der Waals surface area contributed by atoms with Crippen LogP contribution in [0, 0.1) is 6.92 Å². The first-order valence-corrected chi connectivity index (χ1v) is 16.0. The highest BCUT2D eigenvalue weighted by atomic mass is 35.5. The molecular formula is C32H38ClN3O5S. The Morgan fingerprint density at radius 3 is 2.31 bits per heavy atom. The second-order valence-electron chi connectivity index (χ2n) is 10.6. The molecule has 1 aliphatic carbocycles. The van der Waals surface area contributed by atoms with E-state index in [9.17, 15) is 18.0 Å². The number of sulfonamides is 1. The number of methoxy groups -OCH3 is 1. The van der Waals surface area contributed by atoms with Crippen molar-refractivity contribution in [3.05, 3.63) is 88.9 Å². The molecule has 224 valence electrons. The molecule has 0 aromatic heterocycles. The number of hydrogen-bond acceptors (Lipinski definition) is 5. The molecule has 0 bridgehead atoms. The lowest BCUT2D eigenvalue weighted by Gasteiger charge is -2.34. The maximum Gasteiger partial charge on any atom is 0.264 e. The number of benzene rings is 3. The number of nitrogens with zero attached hydrogens (tertiary/aromatic N) is 2. The van der Waals surface area contributed by atoms with Gasteiger partial charge in [0.15, 0.2) is 0 Å². The molecule has 1 saturated carbocycles. The summed E-state index contributed by atoms with van der Waals surface area (Å²) in [4.78, 5) is 29.3. The number of nitrogens with one attached hydrogen (secondary N) is 1. The van der Waals surface area contributed by atoms with Crippen molar-refractivity contribution in [2.45, 2.75) is 69.5 Å². The number of ether oxygens (including phenoxy) is 1. The Labute approximate surface area is 253 Å². The molecule has 0 unspecified atom stereocenters. The van der Waals surface area contributed by atoms with Crippen LogP contribution in [0.5, 0.6) is 5.75 Å². The van der Waals surface area contributed by atoms with Gasteiger partial charge in [-0.3, -0.25) is 13.9 Å². The summed E-state index contributed by atoms with van der Waals surface area (Å²) in [6, 6.07) is 19.3. The monoisotopic (exact) mass is 611 g/mol. The van der Waals surface area contributed by atoms with Crippen LogP contribution in [0.15, 0.2) is 77.7 Å². The van der Waals surface area contributed by atoms with Gasteiger partial charge in [0.25, 0.3) is 10.0 Å². The molecule has 10 heteroatoms. The minimum absolute atomic E-state index is 0.00522. The molecule has 4 rings (SSSR count). The Morgan fingerprint density at radius 2 is 1.69 bits per heavy atom. The Morgan fingerprint density at radius 1 is 1.02 bits per heavy atom. The predicted molar refractivity (Wildman–Crippen MR) is 165 cm³/mol. The zero-order valence-corrected chi connectivity index (χ0v) is 25.8. The highest BCUT2D eigenvalue weighted by Crippen LogP contribution is 2.27. The van der Waals surface area contributed by atoms with Crippen LogP contribution in [0.1, 0.15) is 50.2 Å². The van der Waals surface area contributed by atoms with E-state index in [1.165, 1.54) is 29.2 Å².